The van der Waals surface area contributed by atoms with Gasteiger partial charge in [0.05, 0.1) is 23.7 Å². The first-order valence-corrected chi connectivity index (χ1v) is 29.3. The first-order chi connectivity index (χ1) is 40.6. The van der Waals surface area contributed by atoms with Crippen LogP contribution in [0.15, 0.2) is 54.6 Å². The number of benzene rings is 2. The minimum Gasteiger partial charge on any atom is -0.495 e. The molecule has 0 spiro atoms. The van der Waals surface area contributed by atoms with Crippen LogP contribution in [0.2, 0.25) is 5.02 Å². The van der Waals surface area contributed by atoms with Gasteiger partial charge in [0.25, 0.3) is 5.91 Å². The van der Waals surface area contributed by atoms with E-state index >= 15 is 0 Å². The number of cyclic esters (lactones) is 2. The van der Waals surface area contributed by atoms with Crippen LogP contribution in [0.25, 0.3) is 0 Å². The summed E-state index contributed by atoms with van der Waals surface area (Å²) in [5, 5.41) is 56.4. The van der Waals surface area contributed by atoms with Gasteiger partial charge in [-0.25, -0.2) is 4.79 Å². The fourth-order valence-corrected chi connectivity index (χ4v) is 10.00. The van der Waals surface area contributed by atoms with Crippen molar-refractivity contribution in [1.29, 1.82) is 0 Å². The van der Waals surface area contributed by atoms with E-state index in [1.165, 1.54) is 26.4 Å². The number of esters is 2. The smallest absolute Gasteiger partial charge is 0.347 e. The molecule has 3 aliphatic heterocycles. The number of methoxy groups -OCH3 is 2. The van der Waals surface area contributed by atoms with E-state index in [9.17, 15) is 58.5 Å². The summed E-state index contributed by atoms with van der Waals surface area (Å²) < 4.78 is 33.8. The van der Waals surface area contributed by atoms with Gasteiger partial charge in [-0.3, -0.25) is 38.4 Å². The maximum atomic E-state index is 14.0. The third-order valence-electron chi connectivity index (χ3n) is 15.0. The molecule has 3 unspecified atom stereocenters. The van der Waals surface area contributed by atoms with Gasteiger partial charge in [-0.1, -0.05) is 82.6 Å². The van der Waals surface area contributed by atoms with Crippen LogP contribution in [-0.4, -0.2) is 168 Å². The quantitative estimate of drug-likeness (QED) is 0.0367. The van der Waals surface area contributed by atoms with Crippen molar-refractivity contribution in [1.82, 2.24) is 31.9 Å². The standard InChI is InChI=1S/C60H85ClN6O19/c1-31(2)26-42-57(79)83-40(15-12-16-43(68)65-39(28-35-21-24-41(81-8)37(61)27-35)54(76)64-30-60(6,7)59(80)84-42)33(5)50-51(85-50)36-22-19-34(20-23-36)29-63-53(75)38(66-55(77)46(32(3)4)67-44(69)17-13-18-45(70)71)14-10-11-25-62-56(78)52-48(73)47(72)49(74)58(82-9)86-52/h12,16,19-24,27,31-33,38-40,42,46-52,58,72-74H,10-11,13-15,17-18,25-26,28-30H2,1-9H3,(H,62,78)(H,63,75)(H,64,76)(H,65,68)(H,66,77)(H,67,69)(H,70,71)/b16-12+/t33?,38?,39-,40+,42+,46?,47+,48+,49-,50-,51-,52+,58-/m1/s1. The SMILES string of the molecule is COc1ccc(C[C@H]2NC(=O)/C=C/C[C@@H](C(C)[C@H]3O[C@@H]3c3ccc(CNC(=O)C(CCCCNC(=O)[C@H]4O[C@@H](OC)[C@H](O)[C@@H](O)[C@@H]4O)NC(=O)C(NC(=O)CCCC(=O)O)C(C)C)cc3)OC(=O)[C@H](CC(C)C)OC(=O)C(C)(C)CNC2=O)cc1Cl. The second-order valence-corrected chi connectivity index (χ2v) is 23.7. The molecule has 3 aliphatic rings. The first kappa shape index (κ1) is 70.0. The third kappa shape index (κ3) is 20.7. The van der Waals surface area contributed by atoms with E-state index in [1.807, 2.05) is 32.9 Å². The molecule has 2 aromatic carbocycles. The number of carbonyl (C=O) groups excluding carboxylic acids is 8. The molecule has 0 aliphatic carbocycles. The molecule has 0 bridgehead atoms. The van der Waals surface area contributed by atoms with Crippen LogP contribution in [-0.2, 0) is 79.8 Å². The van der Waals surface area contributed by atoms with Crippen LogP contribution in [0.3, 0.4) is 0 Å². The van der Waals surface area contributed by atoms with Gasteiger partial charge in [0.15, 0.2) is 18.5 Å². The lowest BCUT2D eigenvalue weighted by Gasteiger charge is -2.38. The van der Waals surface area contributed by atoms with Crippen LogP contribution >= 0.6 is 11.6 Å². The molecule has 86 heavy (non-hydrogen) atoms. The van der Waals surface area contributed by atoms with Crippen molar-refractivity contribution in [2.24, 2.45) is 23.2 Å². The van der Waals surface area contributed by atoms with Crippen molar-refractivity contribution < 1.29 is 92.0 Å². The number of carboxylic acids is 1. The highest BCUT2D eigenvalue weighted by atomic mass is 35.5. The Morgan fingerprint density at radius 1 is 0.826 bits per heavy atom. The number of halogens is 1. The van der Waals surface area contributed by atoms with Crippen molar-refractivity contribution in [3.05, 3.63) is 76.3 Å². The topological polar surface area (TPSA) is 365 Å². The number of hydrogen-bond donors (Lipinski definition) is 10. The lowest BCUT2D eigenvalue weighted by atomic mass is 9.92. The van der Waals surface area contributed by atoms with E-state index < -0.39 is 144 Å². The summed E-state index contributed by atoms with van der Waals surface area (Å²) in [6, 6.07) is 8.89. The Kier molecular flexibility index (Phi) is 26.7. The predicted octanol–water partition coefficient (Wildman–Crippen LogP) is 2.36. The van der Waals surface area contributed by atoms with Crippen LogP contribution in [0.4, 0.5) is 0 Å². The minimum atomic E-state index is -1.75. The van der Waals surface area contributed by atoms with Gasteiger partial charge in [-0.05, 0) is 92.7 Å². The van der Waals surface area contributed by atoms with Gasteiger partial charge in [-0.15, -0.1) is 0 Å². The maximum Gasteiger partial charge on any atom is 0.347 e. The average Bonchev–Trinajstić information content (AvgIpc) is 1.95. The Hall–Kier alpha value is -6.74. The zero-order valence-electron chi connectivity index (χ0n) is 50.1. The van der Waals surface area contributed by atoms with Crippen molar-refractivity contribution >= 4 is 65.0 Å². The predicted molar refractivity (Wildman–Crippen MR) is 309 cm³/mol. The van der Waals surface area contributed by atoms with Crippen LogP contribution in [0.1, 0.15) is 123 Å². The molecule has 2 saturated heterocycles. The first-order valence-electron chi connectivity index (χ1n) is 29.0. The molecule has 476 valence electrons. The maximum absolute atomic E-state index is 14.0. The normalized spacial score (nSPS) is 25.9. The van der Waals surface area contributed by atoms with Gasteiger partial charge in [0.2, 0.25) is 29.5 Å². The summed E-state index contributed by atoms with van der Waals surface area (Å²) in [6.07, 6.45) is -7.76. The monoisotopic (exact) mass is 1230 g/mol. The Labute approximate surface area is 505 Å². The van der Waals surface area contributed by atoms with E-state index in [-0.39, 0.29) is 83.3 Å². The van der Waals surface area contributed by atoms with E-state index in [1.54, 1.807) is 58.0 Å². The molecule has 2 fully saturated rings. The Morgan fingerprint density at radius 3 is 2.16 bits per heavy atom. The van der Waals surface area contributed by atoms with Gasteiger partial charge < -0.3 is 80.7 Å². The van der Waals surface area contributed by atoms with Gasteiger partial charge in [0.1, 0.15) is 54.4 Å². The molecule has 3 heterocycles. The molecule has 2 aromatic rings. The summed E-state index contributed by atoms with van der Waals surface area (Å²) in [4.78, 5) is 119. The van der Waals surface area contributed by atoms with Gasteiger partial charge >= 0.3 is 17.9 Å². The molecule has 5 rings (SSSR count). The number of aliphatic carboxylic acids is 1. The summed E-state index contributed by atoms with van der Waals surface area (Å²) in [5.41, 5.74) is 0.755. The van der Waals surface area contributed by atoms with Gasteiger partial charge in [0, 0.05) is 58.3 Å². The highest BCUT2D eigenvalue weighted by Gasteiger charge is 2.49. The fraction of sp³-hybridized carbons (Fsp3) is 0.617. The zero-order chi connectivity index (χ0) is 63.6. The lowest BCUT2D eigenvalue weighted by Crippen LogP contribution is -2.61. The molecule has 0 saturated carbocycles. The van der Waals surface area contributed by atoms with Crippen molar-refractivity contribution in [2.45, 2.75) is 186 Å². The average molecular weight is 1230 g/mol. The summed E-state index contributed by atoms with van der Waals surface area (Å²) in [6.45, 7) is 12.0. The Bertz CT molecular complexity index is 2710. The number of nitrogens with one attached hydrogen (secondary N) is 6. The summed E-state index contributed by atoms with van der Waals surface area (Å²) >= 11 is 6.39. The number of epoxide rings is 1. The second-order valence-electron chi connectivity index (χ2n) is 23.3. The number of rotatable bonds is 26. The number of unbranched alkanes of at least 4 members (excludes halogenated alkanes) is 1. The number of hydrogen-bond acceptors (Lipinski definition) is 18. The third-order valence-corrected chi connectivity index (χ3v) is 15.3. The van der Waals surface area contributed by atoms with Gasteiger partial charge in [-0.2, -0.15) is 0 Å². The molecular weight excluding hydrogens is 1140 g/mol. The van der Waals surface area contributed by atoms with E-state index in [0.717, 1.165) is 5.56 Å². The number of aliphatic hydroxyl groups excluding tert-OH is 3. The van der Waals surface area contributed by atoms with E-state index in [0.29, 0.717) is 21.9 Å². The molecule has 6 amide bonds. The Morgan fingerprint density at radius 2 is 1.52 bits per heavy atom. The molecule has 0 radical (unpaired) electrons. The molecule has 13 atom stereocenters. The van der Waals surface area contributed by atoms with Crippen LogP contribution in [0.5, 0.6) is 5.75 Å². The fourth-order valence-electron chi connectivity index (χ4n) is 9.72. The highest BCUT2D eigenvalue weighted by molar-refractivity contribution is 6.32. The summed E-state index contributed by atoms with van der Waals surface area (Å²) in [5.74, 6) is -6.88. The summed E-state index contributed by atoms with van der Waals surface area (Å²) in [7, 11) is 2.67. The van der Waals surface area contributed by atoms with Crippen molar-refractivity contribution in [3.8, 4) is 5.75 Å². The van der Waals surface area contributed by atoms with E-state index in [4.69, 9.17) is 45.1 Å². The Balaban J connectivity index is 1.27. The number of carbonyl (C=O) groups is 9. The molecule has 10 N–H and O–H groups in total. The van der Waals surface area contributed by atoms with Crippen molar-refractivity contribution in [2.75, 3.05) is 27.3 Å². The number of carboxylic acid groups (broad SMARTS) is 1. The van der Waals surface area contributed by atoms with E-state index in [2.05, 4.69) is 31.9 Å². The number of ether oxygens (including phenoxy) is 6. The van der Waals surface area contributed by atoms with Crippen LogP contribution in [0, 0.1) is 23.2 Å². The lowest BCUT2D eigenvalue weighted by molar-refractivity contribution is -0.283. The van der Waals surface area contributed by atoms with Crippen molar-refractivity contribution in [3.63, 3.8) is 0 Å². The number of aliphatic hydroxyl groups is 3. The molecular formula is C60H85ClN6O19. The second kappa shape index (κ2) is 32.8. The number of amides is 6. The zero-order valence-corrected chi connectivity index (χ0v) is 50.9. The minimum absolute atomic E-state index is 0.0199. The largest absolute Gasteiger partial charge is 0.495 e. The van der Waals surface area contributed by atoms with Crippen LogP contribution < -0.4 is 36.6 Å². The highest BCUT2D eigenvalue weighted by Crippen LogP contribution is 2.45. The molecule has 25 nitrogen and oxygen atoms in total. The molecule has 26 heteroatoms. The molecule has 0 aromatic heterocycles.